The Kier molecular flexibility index (Phi) is 6.56. The van der Waals surface area contributed by atoms with E-state index in [1.165, 1.54) is 0 Å². The fourth-order valence-electron chi connectivity index (χ4n) is 1.08. The third kappa shape index (κ3) is 6.56. The third-order valence-electron chi connectivity index (χ3n) is 1.95. The van der Waals surface area contributed by atoms with Gasteiger partial charge in [-0.15, -0.1) is 0 Å². The molecule has 0 heterocycles. The molecule has 0 amide bonds. The van der Waals surface area contributed by atoms with E-state index in [0.29, 0.717) is 5.92 Å². The summed E-state index contributed by atoms with van der Waals surface area (Å²) in [6.07, 6.45) is 1.10. The summed E-state index contributed by atoms with van der Waals surface area (Å²) in [6.45, 7) is 6.12. The van der Waals surface area contributed by atoms with E-state index in [2.05, 4.69) is 44.2 Å². The molecule has 0 aliphatic rings. The lowest BCUT2D eigenvalue weighted by atomic mass is 10.1. The zero-order valence-electron chi connectivity index (χ0n) is 9.17. The Morgan fingerprint density at radius 1 is 1.38 bits per heavy atom. The number of hydrogen-bond acceptors (Lipinski definition) is 3. The van der Waals surface area contributed by atoms with Crippen LogP contribution in [0, 0.1) is 17.2 Å². The number of rotatable bonds is 6. The molecule has 0 aromatic heterocycles. The van der Waals surface area contributed by atoms with Gasteiger partial charge in [-0.3, -0.25) is 0 Å². The van der Waals surface area contributed by atoms with Crippen LogP contribution in [-0.4, -0.2) is 38.1 Å². The van der Waals surface area contributed by atoms with Crippen LogP contribution >= 0.6 is 0 Å². The maximum Gasteiger partial charge on any atom is 0.0976 e. The van der Waals surface area contributed by atoms with Crippen LogP contribution in [0.2, 0.25) is 0 Å². The van der Waals surface area contributed by atoms with Gasteiger partial charge in [-0.1, -0.05) is 13.8 Å². The molecular weight excluding hydrogens is 162 g/mol. The first kappa shape index (κ1) is 12.4. The predicted molar refractivity (Wildman–Crippen MR) is 55.4 cm³/mol. The molecule has 0 aliphatic carbocycles. The van der Waals surface area contributed by atoms with Gasteiger partial charge in [-0.05, 0) is 39.5 Å². The molecule has 1 unspecified atom stereocenters. The van der Waals surface area contributed by atoms with Crippen LogP contribution in [0.15, 0.2) is 0 Å². The molecule has 1 N–H and O–H groups in total. The van der Waals surface area contributed by atoms with E-state index < -0.39 is 0 Å². The van der Waals surface area contributed by atoms with Crippen LogP contribution in [0.25, 0.3) is 0 Å². The minimum atomic E-state index is 0.00200. The molecule has 0 rings (SSSR count). The fraction of sp³-hybridized carbons (Fsp3) is 0.900. The van der Waals surface area contributed by atoms with E-state index in [4.69, 9.17) is 5.26 Å². The summed E-state index contributed by atoms with van der Waals surface area (Å²) in [5.41, 5.74) is 0. The molecule has 0 saturated heterocycles. The van der Waals surface area contributed by atoms with Crippen molar-refractivity contribution < 1.29 is 0 Å². The first-order valence-electron chi connectivity index (χ1n) is 4.85. The van der Waals surface area contributed by atoms with Crippen molar-refractivity contribution in [3.63, 3.8) is 0 Å². The second-order valence-corrected chi connectivity index (χ2v) is 3.96. The lowest BCUT2D eigenvalue weighted by Gasteiger charge is -2.15. The van der Waals surface area contributed by atoms with Gasteiger partial charge in [0.1, 0.15) is 0 Å². The van der Waals surface area contributed by atoms with Crippen molar-refractivity contribution in [1.29, 1.82) is 5.26 Å². The van der Waals surface area contributed by atoms with Crippen LogP contribution in [0.4, 0.5) is 0 Å². The Balaban J connectivity index is 3.46. The number of nitriles is 1. The van der Waals surface area contributed by atoms with E-state index in [0.717, 1.165) is 19.5 Å². The predicted octanol–water partition coefficient (Wildman–Crippen LogP) is 1.08. The Bertz CT molecular complexity index is 158. The largest absolute Gasteiger partial charge is 0.309 e. The minimum Gasteiger partial charge on any atom is -0.309 e. The van der Waals surface area contributed by atoms with E-state index >= 15 is 0 Å². The van der Waals surface area contributed by atoms with Gasteiger partial charge in [0.05, 0.1) is 12.1 Å². The van der Waals surface area contributed by atoms with Gasteiger partial charge in [0.2, 0.25) is 0 Å². The molecule has 0 fully saturated rings. The maximum atomic E-state index is 8.78. The van der Waals surface area contributed by atoms with Gasteiger partial charge >= 0.3 is 0 Å². The molecule has 0 saturated carbocycles. The number of nitrogens with zero attached hydrogens (tertiary/aromatic N) is 2. The standard InChI is InChI=1S/C10H21N3/c1-9(2)10(8-11)12-6-5-7-13(3)4/h9-10,12H,5-7H2,1-4H3. The summed E-state index contributed by atoms with van der Waals surface area (Å²) in [6, 6.07) is 2.27. The van der Waals surface area contributed by atoms with Crippen LogP contribution in [0.3, 0.4) is 0 Å². The van der Waals surface area contributed by atoms with Gasteiger partial charge in [-0.2, -0.15) is 5.26 Å². The zero-order chi connectivity index (χ0) is 10.3. The summed E-state index contributed by atoms with van der Waals surface area (Å²) >= 11 is 0. The Morgan fingerprint density at radius 2 is 2.00 bits per heavy atom. The first-order valence-corrected chi connectivity index (χ1v) is 4.85. The third-order valence-corrected chi connectivity index (χ3v) is 1.95. The van der Waals surface area contributed by atoms with Gasteiger partial charge < -0.3 is 10.2 Å². The number of nitrogens with one attached hydrogen (secondary N) is 1. The summed E-state index contributed by atoms with van der Waals surface area (Å²) < 4.78 is 0. The Labute approximate surface area is 81.7 Å². The van der Waals surface area contributed by atoms with Crippen molar-refractivity contribution in [3.05, 3.63) is 0 Å². The van der Waals surface area contributed by atoms with Crippen molar-refractivity contribution in [3.8, 4) is 6.07 Å². The van der Waals surface area contributed by atoms with Gasteiger partial charge in [0.15, 0.2) is 0 Å². The maximum absolute atomic E-state index is 8.78. The highest BCUT2D eigenvalue weighted by atomic mass is 15.1. The second-order valence-electron chi connectivity index (χ2n) is 3.96. The summed E-state index contributed by atoms with van der Waals surface area (Å²) in [7, 11) is 4.12. The van der Waals surface area contributed by atoms with Crippen LogP contribution in [0.5, 0.6) is 0 Å². The van der Waals surface area contributed by atoms with E-state index in [9.17, 15) is 0 Å². The molecule has 0 aromatic carbocycles. The molecule has 0 aliphatic heterocycles. The zero-order valence-corrected chi connectivity index (χ0v) is 9.17. The lowest BCUT2D eigenvalue weighted by molar-refractivity contribution is 0.382. The van der Waals surface area contributed by atoms with Crippen molar-refractivity contribution in [2.24, 2.45) is 5.92 Å². The summed E-state index contributed by atoms with van der Waals surface area (Å²) in [5.74, 6) is 0.393. The van der Waals surface area contributed by atoms with Crippen LogP contribution in [-0.2, 0) is 0 Å². The highest BCUT2D eigenvalue weighted by Crippen LogP contribution is 1.99. The van der Waals surface area contributed by atoms with Gasteiger partial charge in [0.25, 0.3) is 0 Å². The molecule has 0 radical (unpaired) electrons. The molecule has 13 heavy (non-hydrogen) atoms. The van der Waals surface area contributed by atoms with Gasteiger partial charge in [-0.25, -0.2) is 0 Å². The lowest BCUT2D eigenvalue weighted by Crippen LogP contribution is -2.34. The molecule has 3 nitrogen and oxygen atoms in total. The van der Waals surface area contributed by atoms with Crippen molar-refractivity contribution in [2.45, 2.75) is 26.3 Å². The van der Waals surface area contributed by atoms with Crippen LogP contribution in [0.1, 0.15) is 20.3 Å². The summed E-state index contributed by atoms with van der Waals surface area (Å²) in [4.78, 5) is 2.15. The topological polar surface area (TPSA) is 39.1 Å². The molecule has 0 aromatic rings. The molecule has 1 atom stereocenters. The monoisotopic (exact) mass is 183 g/mol. The average Bonchev–Trinajstić information content (AvgIpc) is 2.03. The molecule has 76 valence electrons. The quantitative estimate of drug-likeness (QED) is 0.626. The second kappa shape index (κ2) is 6.88. The Morgan fingerprint density at radius 3 is 2.38 bits per heavy atom. The van der Waals surface area contributed by atoms with E-state index in [-0.39, 0.29) is 6.04 Å². The minimum absolute atomic E-state index is 0.00200. The van der Waals surface area contributed by atoms with E-state index in [1.807, 2.05) is 0 Å². The fourth-order valence-corrected chi connectivity index (χ4v) is 1.08. The highest BCUT2D eigenvalue weighted by Gasteiger charge is 2.09. The van der Waals surface area contributed by atoms with E-state index in [1.54, 1.807) is 0 Å². The highest BCUT2D eigenvalue weighted by molar-refractivity contribution is 4.91. The Hall–Kier alpha value is -0.590. The molecule has 0 spiro atoms. The molecular formula is C10H21N3. The first-order chi connectivity index (χ1) is 6.07. The number of hydrogen-bond donors (Lipinski definition) is 1. The van der Waals surface area contributed by atoms with Crippen molar-refractivity contribution in [2.75, 3.05) is 27.2 Å². The molecule has 3 heteroatoms. The molecule has 0 bridgehead atoms. The average molecular weight is 183 g/mol. The van der Waals surface area contributed by atoms with Crippen molar-refractivity contribution >= 4 is 0 Å². The van der Waals surface area contributed by atoms with Crippen molar-refractivity contribution in [1.82, 2.24) is 10.2 Å². The van der Waals surface area contributed by atoms with Gasteiger partial charge in [0, 0.05) is 0 Å². The van der Waals surface area contributed by atoms with Crippen LogP contribution < -0.4 is 5.32 Å². The summed E-state index contributed by atoms with van der Waals surface area (Å²) in [5, 5.41) is 12.0. The normalized spacial score (nSPS) is 13.3. The smallest absolute Gasteiger partial charge is 0.0976 e. The SMILES string of the molecule is CC(C)C(C#N)NCCCN(C)C.